The second kappa shape index (κ2) is 7.82. The quantitative estimate of drug-likeness (QED) is 0.741. The highest BCUT2D eigenvalue weighted by Gasteiger charge is 2.11. The summed E-state index contributed by atoms with van der Waals surface area (Å²) in [4.78, 5) is 20.6. The number of benzene rings is 1. The van der Waals surface area contributed by atoms with Crippen LogP contribution in [0.1, 0.15) is 35.2 Å². The van der Waals surface area contributed by atoms with Crippen LogP contribution in [0.25, 0.3) is 5.82 Å². The third kappa shape index (κ3) is 4.27. The molecular formula is C20H23N5O. The van der Waals surface area contributed by atoms with Crippen LogP contribution in [0.3, 0.4) is 0 Å². The van der Waals surface area contributed by atoms with Crippen molar-refractivity contribution in [2.24, 2.45) is 0 Å². The number of carbonyl (C=O) groups excluding carboxylic acids is 1. The molecule has 0 aliphatic rings. The van der Waals surface area contributed by atoms with Crippen molar-refractivity contribution in [3.63, 3.8) is 0 Å². The normalized spacial score (nSPS) is 11.8. The lowest BCUT2D eigenvalue weighted by atomic mass is 10.0. The summed E-state index contributed by atoms with van der Waals surface area (Å²) in [6, 6.07) is 9.81. The van der Waals surface area contributed by atoms with E-state index >= 15 is 0 Å². The number of aromatic nitrogens is 3. The summed E-state index contributed by atoms with van der Waals surface area (Å²) < 4.78 is 1.83. The van der Waals surface area contributed by atoms with Gasteiger partial charge in [-0.3, -0.25) is 4.57 Å². The first-order chi connectivity index (χ1) is 12.5. The Labute approximate surface area is 153 Å². The first-order valence-electron chi connectivity index (χ1n) is 8.57. The molecule has 2 heterocycles. The van der Waals surface area contributed by atoms with Crippen LogP contribution in [0.4, 0.5) is 4.79 Å². The highest BCUT2D eigenvalue weighted by Crippen LogP contribution is 2.18. The van der Waals surface area contributed by atoms with Crippen LogP contribution in [0.2, 0.25) is 0 Å². The lowest BCUT2D eigenvalue weighted by Gasteiger charge is -2.17. The van der Waals surface area contributed by atoms with Gasteiger partial charge in [-0.25, -0.2) is 14.8 Å². The number of hydrogen-bond acceptors (Lipinski definition) is 3. The van der Waals surface area contributed by atoms with Crippen LogP contribution in [0.15, 0.2) is 55.2 Å². The van der Waals surface area contributed by atoms with Crippen molar-refractivity contribution in [2.75, 3.05) is 0 Å². The Morgan fingerprint density at radius 2 is 2.04 bits per heavy atom. The lowest BCUT2D eigenvalue weighted by Crippen LogP contribution is -2.36. The number of nitrogens with zero attached hydrogens (tertiary/aromatic N) is 3. The zero-order valence-electron chi connectivity index (χ0n) is 15.2. The van der Waals surface area contributed by atoms with Crippen LogP contribution in [0.5, 0.6) is 0 Å². The maximum atomic E-state index is 12.2. The first kappa shape index (κ1) is 17.7. The molecule has 6 nitrogen and oxygen atoms in total. The molecule has 0 fully saturated rings. The number of amides is 2. The molecule has 0 radical (unpaired) electrons. The monoisotopic (exact) mass is 349 g/mol. The van der Waals surface area contributed by atoms with Crippen molar-refractivity contribution >= 4 is 6.03 Å². The molecule has 6 heteroatoms. The molecule has 0 aliphatic heterocycles. The highest BCUT2D eigenvalue weighted by molar-refractivity contribution is 5.74. The van der Waals surface area contributed by atoms with E-state index in [0.717, 1.165) is 16.9 Å². The second-order valence-electron chi connectivity index (χ2n) is 6.40. The van der Waals surface area contributed by atoms with Crippen LogP contribution < -0.4 is 10.6 Å². The maximum absolute atomic E-state index is 12.2. The Morgan fingerprint density at radius 3 is 2.77 bits per heavy atom. The van der Waals surface area contributed by atoms with Gasteiger partial charge in [-0.1, -0.05) is 23.8 Å². The third-order valence-corrected chi connectivity index (χ3v) is 4.27. The molecule has 1 unspecified atom stereocenters. The summed E-state index contributed by atoms with van der Waals surface area (Å²) in [6.07, 6.45) is 6.95. The number of nitrogens with one attached hydrogen (secondary N) is 2. The number of carbonyl (C=O) groups is 1. The fourth-order valence-electron chi connectivity index (χ4n) is 2.93. The SMILES string of the molecule is Cc1ccc(C(C)NC(=O)NCc2ccnc(-n3ccnc3)c2)c(C)c1. The van der Waals surface area contributed by atoms with Gasteiger partial charge in [0, 0.05) is 25.1 Å². The summed E-state index contributed by atoms with van der Waals surface area (Å²) in [5.41, 5.74) is 4.49. The summed E-state index contributed by atoms with van der Waals surface area (Å²) >= 11 is 0. The average Bonchev–Trinajstić information content (AvgIpc) is 3.15. The number of urea groups is 1. The van der Waals surface area contributed by atoms with Crippen molar-refractivity contribution in [3.8, 4) is 5.82 Å². The Hall–Kier alpha value is -3.15. The molecule has 0 saturated carbocycles. The van der Waals surface area contributed by atoms with E-state index in [1.54, 1.807) is 18.7 Å². The van der Waals surface area contributed by atoms with Crippen LogP contribution in [0, 0.1) is 13.8 Å². The molecule has 26 heavy (non-hydrogen) atoms. The largest absolute Gasteiger partial charge is 0.334 e. The Bertz CT molecular complexity index is 889. The van der Waals surface area contributed by atoms with Gasteiger partial charge in [-0.05, 0) is 49.6 Å². The van der Waals surface area contributed by atoms with E-state index in [4.69, 9.17) is 0 Å². The van der Waals surface area contributed by atoms with Gasteiger partial charge in [-0.2, -0.15) is 0 Å². The number of imidazole rings is 1. The Kier molecular flexibility index (Phi) is 5.31. The summed E-state index contributed by atoms with van der Waals surface area (Å²) in [7, 11) is 0. The topological polar surface area (TPSA) is 71.8 Å². The summed E-state index contributed by atoms with van der Waals surface area (Å²) in [6.45, 7) is 6.54. The molecule has 0 bridgehead atoms. The minimum Gasteiger partial charge on any atom is -0.334 e. The molecule has 2 N–H and O–H groups in total. The molecule has 134 valence electrons. The van der Waals surface area contributed by atoms with Crippen molar-refractivity contribution in [1.82, 2.24) is 25.2 Å². The van der Waals surface area contributed by atoms with E-state index in [-0.39, 0.29) is 12.1 Å². The van der Waals surface area contributed by atoms with E-state index < -0.39 is 0 Å². The maximum Gasteiger partial charge on any atom is 0.315 e. The van der Waals surface area contributed by atoms with Crippen molar-refractivity contribution < 1.29 is 4.79 Å². The van der Waals surface area contributed by atoms with Gasteiger partial charge >= 0.3 is 6.03 Å². The van der Waals surface area contributed by atoms with Crippen molar-refractivity contribution in [1.29, 1.82) is 0 Å². The van der Waals surface area contributed by atoms with Crippen molar-refractivity contribution in [2.45, 2.75) is 33.4 Å². The zero-order valence-corrected chi connectivity index (χ0v) is 15.2. The minimum absolute atomic E-state index is 0.0606. The molecule has 1 atom stereocenters. The second-order valence-corrected chi connectivity index (χ2v) is 6.40. The fraction of sp³-hybridized carbons (Fsp3) is 0.250. The molecule has 1 aromatic carbocycles. The number of hydrogen-bond donors (Lipinski definition) is 2. The third-order valence-electron chi connectivity index (χ3n) is 4.27. The molecule has 0 saturated heterocycles. The zero-order chi connectivity index (χ0) is 18.5. The van der Waals surface area contributed by atoms with E-state index in [1.165, 1.54) is 11.1 Å². The van der Waals surface area contributed by atoms with E-state index in [0.29, 0.717) is 6.54 Å². The number of aryl methyl sites for hydroxylation is 2. The predicted molar refractivity (Wildman–Crippen MR) is 101 cm³/mol. The molecule has 2 amide bonds. The molecule has 2 aromatic heterocycles. The lowest BCUT2D eigenvalue weighted by molar-refractivity contribution is 0.237. The van der Waals surface area contributed by atoms with Crippen molar-refractivity contribution in [3.05, 3.63) is 77.5 Å². The van der Waals surface area contributed by atoms with Gasteiger partial charge in [0.1, 0.15) is 12.1 Å². The van der Waals surface area contributed by atoms with E-state index in [9.17, 15) is 4.79 Å². The number of rotatable bonds is 5. The minimum atomic E-state index is -0.196. The Balaban J connectivity index is 1.58. The average molecular weight is 349 g/mol. The van der Waals surface area contributed by atoms with Gasteiger partial charge in [0.15, 0.2) is 0 Å². The first-order valence-corrected chi connectivity index (χ1v) is 8.57. The molecular weight excluding hydrogens is 326 g/mol. The smallest absolute Gasteiger partial charge is 0.315 e. The van der Waals surface area contributed by atoms with Gasteiger partial charge in [0.2, 0.25) is 0 Å². The highest BCUT2D eigenvalue weighted by atomic mass is 16.2. The van der Waals surface area contributed by atoms with Gasteiger partial charge in [0.05, 0.1) is 6.04 Å². The van der Waals surface area contributed by atoms with Crippen LogP contribution in [-0.2, 0) is 6.54 Å². The molecule has 0 aliphatic carbocycles. The fourth-order valence-corrected chi connectivity index (χ4v) is 2.93. The van der Waals surface area contributed by atoms with E-state index in [1.807, 2.05) is 29.8 Å². The van der Waals surface area contributed by atoms with Crippen LogP contribution >= 0.6 is 0 Å². The Morgan fingerprint density at radius 1 is 1.19 bits per heavy atom. The molecule has 3 rings (SSSR count). The molecule has 3 aromatic rings. The van der Waals surface area contributed by atoms with E-state index in [2.05, 4.69) is 52.6 Å². The van der Waals surface area contributed by atoms with Gasteiger partial charge < -0.3 is 10.6 Å². The summed E-state index contributed by atoms with van der Waals surface area (Å²) in [5, 5.41) is 5.89. The predicted octanol–water partition coefficient (Wildman–Crippen LogP) is 3.44. The number of pyridine rings is 1. The standard InChI is InChI=1S/C20H23N5O/c1-14-4-5-18(15(2)10-14)16(3)24-20(26)23-12-17-6-7-22-19(11-17)25-9-8-21-13-25/h4-11,13,16H,12H2,1-3H3,(H2,23,24,26). The summed E-state index contributed by atoms with van der Waals surface area (Å²) in [5.74, 6) is 0.769. The van der Waals surface area contributed by atoms with Crippen LogP contribution in [-0.4, -0.2) is 20.6 Å². The van der Waals surface area contributed by atoms with Gasteiger partial charge in [-0.15, -0.1) is 0 Å². The van der Waals surface area contributed by atoms with Gasteiger partial charge in [0.25, 0.3) is 0 Å². The molecule has 0 spiro atoms.